The monoisotopic (exact) mass is 378 g/mol. The second-order valence-corrected chi connectivity index (χ2v) is 6.93. The van der Waals surface area contributed by atoms with E-state index in [1.54, 1.807) is 13.8 Å². The molecule has 0 radical (unpaired) electrons. The Balaban J connectivity index is 2.21. The van der Waals surface area contributed by atoms with Gasteiger partial charge in [0.25, 0.3) is 0 Å². The summed E-state index contributed by atoms with van der Waals surface area (Å²) in [7, 11) is 0. The van der Waals surface area contributed by atoms with Gasteiger partial charge in [-0.05, 0) is 43.9 Å². The Hall–Kier alpha value is -2.88. The first kappa shape index (κ1) is 19.9. The number of hydrogen-bond donors (Lipinski definition) is 0. The molecule has 3 rings (SSSR count). The van der Waals surface area contributed by atoms with E-state index in [0.717, 1.165) is 16.7 Å². The molecule has 0 saturated heterocycles. The lowest BCUT2D eigenvalue weighted by molar-refractivity contribution is -0.168. The third-order valence-corrected chi connectivity index (χ3v) is 5.26. The van der Waals surface area contributed by atoms with Crippen LogP contribution in [-0.4, -0.2) is 25.2 Å². The third kappa shape index (κ3) is 3.35. The molecule has 28 heavy (non-hydrogen) atoms. The van der Waals surface area contributed by atoms with Gasteiger partial charge < -0.3 is 9.47 Å². The van der Waals surface area contributed by atoms with Gasteiger partial charge in [0.2, 0.25) is 0 Å². The van der Waals surface area contributed by atoms with Crippen molar-refractivity contribution >= 4 is 17.5 Å². The van der Waals surface area contributed by atoms with Crippen molar-refractivity contribution in [2.75, 3.05) is 13.2 Å². The summed E-state index contributed by atoms with van der Waals surface area (Å²) in [6.45, 7) is 5.90. The Kier molecular flexibility index (Phi) is 5.98. The number of carbonyl (C=O) groups excluding carboxylic acids is 2. The lowest BCUT2D eigenvalue weighted by Gasteiger charge is -2.34. The maximum Gasteiger partial charge on any atom is 0.328 e. The molecule has 0 spiro atoms. The van der Waals surface area contributed by atoms with Crippen molar-refractivity contribution in [2.24, 2.45) is 5.41 Å². The van der Waals surface area contributed by atoms with Crippen LogP contribution in [0.3, 0.4) is 0 Å². The molecule has 2 aromatic rings. The maximum atomic E-state index is 13.4. The predicted molar refractivity (Wildman–Crippen MR) is 109 cm³/mol. The Morgan fingerprint density at radius 3 is 2.04 bits per heavy atom. The molecule has 0 saturated carbocycles. The van der Waals surface area contributed by atoms with E-state index in [4.69, 9.17) is 9.47 Å². The molecule has 2 aromatic carbocycles. The van der Waals surface area contributed by atoms with Gasteiger partial charge in [-0.25, -0.2) is 0 Å². The van der Waals surface area contributed by atoms with Crippen LogP contribution < -0.4 is 0 Å². The molecule has 0 fully saturated rings. The highest BCUT2D eigenvalue weighted by Crippen LogP contribution is 2.55. The van der Waals surface area contributed by atoms with Gasteiger partial charge in [-0.2, -0.15) is 0 Å². The maximum absolute atomic E-state index is 13.4. The fourth-order valence-corrected chi connectivity index (χ4v) is 3.99. The number of carbonyl (C=O) groups is 2. The molecule has 0 bridgehead atoms. The molecule has 4 nitrogen and oxygen atoms in total. The summed E-state index contributed by atoms with van der Waals surface area (Å²) >= 11 is 0. The smallest absolute Gasteiger partial charge is 0.328 e. The fourth-order valence-electron chi connectivity index (χ4n) is 3.99. The van der Waals surface area contributed by atoms with E-state index in [0.29, 0.717) is 12.0 Å². The Labute approximate surface area is 166 Å². The van der Waals surface area contributed by atoms with E-state index < -0.39 is 17.4 Å². The molecular formula is C24H26O4. The highest BCUT2D eigenvalue weighted by Gasteiger charge is 2.60. The Bertz CT molecular complexity index is 847. The van der Waals surface area contributed by atoms with Gasteiger partial charge in [-0.3, -0.25) is 9.59 Å². The summed E-state index contributed by atoms with van der Waals surface area (Å²) in [5.41, 5.74) is 2.03. The molecule has 1 aliphatic carbocycles. The van der Waals surface area contributed by atoms with Crippen LogP contribution in [0.2, 0.25) is 0 Å². The first-order valence-corrected chi connectivity index (χ1v) is 9.72. The summed E-state index contributed by atoms with van der Waals surface area (Å²) in [6, 6.07) is 17.5. The van der Waals surface area contributed by atoms with Gasteiger partial charge in [0.1, 0.15) is 0 Å². The van der Waals surface area contributed by atoms with E-state index in [1.807, 2.05) is 67.6 Å². The summed E-state index contributed by atoms with van der Waals surface area (Å²) in [5.74, 6) is -1.47. The van der Waals surface area contributed by atoms with Crippen LogP contribution in [0.15, 0.2) is 60.7 Å². The van der Waals surface area contributed by atoms with E-state index >= 15 is 0 Å². The minimum atomic E-state index is -1.51. The van der Waals surface area contributed by atoms with Gasteiger partial charge in [0, 0.05) is 5.92 Å². The topological polar surface area (TPSA) is 52.6 Å². The number of ether oxygens (including phenoxy) is 2. The van der Waals surface area contributed by atoms with Crippen molar-refractivity contribution in [2.45, 2.75) is 33.1 Å². The molecule has 0 heterocycles. The van der Waals surface area contributed by atoms with Gasteiger partial charge in [-0.15, -0.1) is 0 Å². The number of esters is 2. The molecule has 1 aliphatic rings. The fraction of sp³-hybridized carbons (Fsp3) is 0.333. The largest absolute Gasteiger partial charge is 0.465 e. The van der Waals surface area contributed by atoms with Crippen LogP contribution in [0.25, 0.3) is 5.57 Å². The number of rotatable bonds is 6. The standard InChI is InChI=1S/C24H26O4/c1-4-27-22(25)24(23(26)28-5-2)20(18-9-7-6-8-10-18)15-16-21(24)19-13-11-17(3)12-14-19/h6-15,21H,4-5,16H2,1-3H3/t21-/m0/s1. The Morgan fingerprint density at radius 1 is 0.929 bits per heavy atom. The van der Waals surface area contributed by atoms with Crippen LogP contribution in [0, 0.1) is 12.3 Å². The quantitative estimate of drug-likeness (QED) is 0.541. The van der Waals surface area contributed by atoms with Gasteiger partial charge in [0.15, 0.2) is 5.41 Å². The van der Waals surface area contributed by atoms with E-state index in [9.17, 15) is 9.59 Å². The number of allylic oxidation sites excluding steroid dienone is 1. The zero-order valence-electron chi connectivity index (χ0n) is 16.6. The van der Waals surface area contributed by atoms with Crippen LogP contribution in [0.5, 0.6) is 0 Å². The van der Waals surface area contributed by atoms with Crippen molar-refractivity contribution in [3.05, 3.63) is 77.4 Å². The molecule has 0 N–H and O–H groups in total. The molecule has 0 aromatic heterocycles. The van der Waals surface area contributed by atoms with Crippen molar-refractivity contribution in [1.82, 2.24) is 0 Å². The molecule has 0 amide bonds. The summed E-state index contributed by atoms with van der Waals surface area (Å²) < 4.78 is 10.9. The second-order valence-electron chi connectivity index (χ2n) is 6.93. The third-order valence-electron chi connectivity index (χ3n) is 5.26. The van der Waals surface area contributed by atoms with Crippen molar-refractivity contribution in [3.63, 3.8) is 0 Å². The van der Waals surface area contributed by atoms with Crippen LogP contribution in [0.4, 0.5) is 0 Å². The predicted octanol–water partition coefficient (Wildman–Crippen LogP) is 4.68. The van der Waals surface area contributed by atoms with Crippen molar-refractivity contribution in [1.29, 1.82) is 0 Å². The second kappa shape index (κ2) is 8.42. The molecule has 1 atom stereocenters. The molecule has 0 aliphatic heterocycles. The van der Waals surface area contributed by atoms with Crippen LogP contribution in [-0.2, 0) is 19.1 Å². The van der Waals surface area contributed by atoms with Crippen LogP contribution >= 0.6 is 0 Å². The summed E-state index contributed by atoms with van der Waals surface area (Å²) in [5, 5.41) is 0. The average Bonchev–Trinajstić information content (AvgIpc) is 3.11. The zero-order chi connectivity index (χ0) is 20.1. The average molecular weight is 378 g/mol. The lowest BCUT2D eigenvalue weighted by Crippen LogP contribution is -2.45. The van der Waals surface area contributed by atoms with Gasteiger partial charge in [-0.1, -0.05) is 66.2 Å². The lowest BCUT2D eigenvalue weighted by atomic mass is 9.68. The van der Waals surface area contributed by atoms with Crippen molar-refractivity contribution < 1.29 is 19.1 Å². The molecule has 4 heteroatoms. The zero-order valence-corrected chi connectivity index (χ0v) is 16.6. The number of aryl methyl sites for hydroxylation is 1. The summed E-state index contributed by atoms with van der Waals surface area (Å²) in [6.07, 6.45) is 2.54. The van der Waals surface area contributed by atoms with E-state index in [1.165, 1.54) is 0 Å². The normalized spacial score (nSPS) is 17.7. The highest BCUT2D eigenvalue weighted by molar-refractivity contribution is 6.14. The minimum Gasteiger partial charge on any atom is -0.465 e. The van der Waals surface area contributed by atoms with Crippen LogP contribution in [0.1, 0.15) is 42.9 Å². The first-order chi connectivity index (χ1) is 13.6. The highest BCUT2D eigenvalue weighted by atomic mass is 16.6. The summed E-state index contributed by atoms with van der Waals surface area (Å²) in [4.78, 5) is 26.7. The van der Waals surface area contributed by atoms with Gasteiger partial charge >= 0.3 is 11.9 Å². The van der Waals surface area contributed by atoms with Gasteiger partial charge in [0.05, 0.1) is 13.2 Å². The Morgan fingerprint density at radius 2 is 1.50 bits per heavy atom. The SMILES string of the molecule is CCOC(=O)C1(C(=O)OCC)C(c2ccccc2)=CC[C@H]1c1ccc(C)cc1. The van der Waals surface area contributed by atoms with Crippen molar-refractivity contribution in [3.8, 4) is 0 Å². The minimum absolute atomic E-state index is 0.197. The first-order valence-electron chi connectivity index (χ1n) is 9.72. The van der Waals surface area contributed by atoms with E-state index in [-0.39, 0.29) is 19.1 Å². The molecule has 146 valence electrons. The number of hydrogen-bond acceptors (Lipinski definition) is 4. The molecular weight excluding hydrogens is 352 g/mol. The molecule has 0 unspecified atom stereocenters. The number of benzene rings is 2. The van der Waals surface area contributed by atoms with E-state index in [2.05, 4.69) is 0 Å².